The maximum Gasteiger partial charge on any atom is 0.0543 e. The Kier molecular flexibility index (Phi) is 3.63. The minimum atomic E-state index is -0.0790. The molecule has 1 nitrogen and oxygen atoms in total. The molecule has 0 radical (unpaired) electrons. The summed E-state index contributed by atoms with van der Waals surface area (Å²) in [4.78, 5) is 2.51. The van der Waals surface area contributed by atoms with Crippen LogP contribution < -0.4 is 4.90 Å². The number of hydrogen-bond donors (Lipinski definition) is 0. The molecule has 0 N–H and O–H groups in total. The smallest absolute Gasteiger partial charge is 0.0543 e. The van der Waals surface area contributed by atoms with Crippen LogP contribution in [0, 0.1) is 0 Å². The Morgan fingerprint density at radius 3 is 1.81 bits per heavy atom. The Morgan fingerprint density at radius 1 is 0.484 bits per heavy atom. The monoisotopic (exact) mass is 401 g/mol. The van der Waals surface area contributed by atoms with E-state index in [4.69, 9.17) is 0 Å². The van der Waals surface area contributed by atoms with Gasteiger partial charge in [0, 0.05) is 10.8 Å². The summed E-state index contributed by atoms with van der Waals surface area (Å²) >= 11 is 0. The predicted octanol–water partition coefficient (Wildman–Crippen LogP) is 8.10. The topological polar surface area (TPSA) is 3.24 Å². The Labute approximate surface area is 185 Å². The lowest BCUT2D eigenvalue weighted by atomic mass is 9.66. The van der Waals surface area contributed by atoms with Gasteiger partial charge in [0.15, 0.2) is 0 Å². The molecule has 0 saturated carbocycles. The van der Waals surface area contributed by atoms with Crippen molar-refractivity contribution in [3.63, 3.8) is 0 Å². The molecular formula is C30H27N. The lowest BCUT2D eigenvalue weighted by molar-refractivity contribution is 0.597. The summed E-state index contributed by atoms with van der Waals surface area (Å²) in [7, 11) is 0. The van der Waals surface area contributed by atoms with Gasteiger partial charge in [-0.3, -0.25) is 0 Å². The molecule has 4 aromatic carbocycles. The van der Waals surface area contributed by atoms with E-state index in [1.165, 1.54) is 50.4 Å². The zero-order valence-corrected chi connectivity index (χ0v) is 18.6. The van der Waals surface area contributed by atoms with Gasteiger partial charge in [-0.2, -0.15) is 0 Å². The first kappa shape index (κ1) is 18.4. The minimum Gasteiger partial charge on any atom is -0.309 e. The van der Waals surface area contributed by atoms with Crippen molar-refractivity contribution in [1.82, 2.24) is 0 Å². The number of nitrogens with zero attached hydrogens (tertiary/aromatic N) is 1. The predicted molar refractivity (Wildman–Crippen MR) is 131 cm³/mol. The highest BCUT2D eigenvalue weighted by atomic mass is 15.2. The molecule has 31 heavy (non-hydrogen) atoms. The van der Waals surface area contributed by atoms with Crippen molar-refractivity contribution >= 4 is 17.1 Å². The molecule has 0 saturated heterocycles. The summed E-state index contributed by atoms with van der Waals surface area (Å²) in [5.41, 5.74) is 12.0. The maximum absolute atomic E-state index is 2.51. The number of hydrogen-bond acceptors (Lipinski definition) is 1. The minimum absolute atomic E-state index is 0.0317. The third kappa shape index (κ3) is 2.38. The fourth-order valence-electron chi connectivity index (χ4n) is 5.69. The van der Waals surface area contributed by atoms with Crippen LogP contribution in [-0.4, -0.2) is 0 Å². The molecule has 2 aliphatic heterocycles. The summed E-state index contributed by atoms with van der Waals surface area (Å²) in [5.74, 6) is 0. The highest BCUT2D eigenvalue weighted by molar-refractivity contribution is 5.93. The van der Waals surface area contributed by atoms with Crippen molar-refractivity contribution in [3.8, 4) is 11.1 Å². The highest BCUT2D eigenvalue weighted by Gasteiger charge is 2.45. The van der Waals surface area contributed by atoms with E-state index < -0.39 is 0 Å². The summed E-state index contributed by atoms with van der Waals surface area (Å²) in [5, 5.41) is 0. The number of para-hydroxylation sites is 2. The Hall–Kier alpha value is -3.32. The van der Waals surface area contributed by atoms with E-state index in [1.54, 1.807) is 0 Å². The molecule has 2 aliphatic rings. The molecule has 0 amide bonds. The van der Waals surface area contributed by atoms with Gasteiger partial charge < -0.3 is 4.90 Å². The molecule has 0 fully saturated rings. The first-order chi connectivity index (χ1) is 14.9. The van der Waals surface area contributed by atoms with Gasteiger partial charge in [-0.15, -0.1) is 0 Å². The van der Waals surface area contributed by atoms with Gasteiger partial charge in [0.05, 0.1) is 17.1 Å². The molecule has 6 rings (SSSR count). The van der Waals surface area contributed by atoms with E-state index in [1.807, 2.05) is 0 Å². The summed E-state index contributed by atoms with van der Waals surface area (Å²) < 4.78 is 0. The van der Waals surface area contributed by atoms with Crippen LogP contribution in [0.25, 0.3) is 11.1 Å². The Balaban J connectivity index is 1.68. The normalized spacial score (nSPS) is 16.8. The van der Waals surface area contributed by atoms with Crippen LogP contribution in [0.5, 0.6) is 0 Å². The van der Waals surface area contributed by atoms with E-state index in [2.05, 4.69) is 124 Å². The molecular weight excluding hydrogens is 374 g/mol. The molecule has 0 aromatic heterocycles. The average Bonchev–Trinajstić information content (AvgIpc) is 2.79. The maximum atomic E-state index is 2.51. The van der Waals surface area contributed by atoms with Crippen molar-refractivity contribution in [2.75, 3.05) is 4.90 Å². The standard InChI is InChI=1S/C30H27N/c1-29(2)22-13-8-9-16-26(22)31-27-18-17-21(20-11-6-5-7-12-20)19-25(27)30(3,4)24-15-10-14-23(29)28(24)31/h5-19H,1-4H3. The Morgan fingerprint density at radius 2 is 1.06 bits per heavy atom. The number of benzene rings is 4. The van der Waals surface area contributed by atoms with Gasteiger partial charge in [0.1, 0.15) is 0 Å². The zero-order chi connectivity index (χ0) is 21.4. The molecule has 152 valence electrons. The van der Waals surface area contributed by atoms with Crippen molar-refractivity contribution in [2.45, 2.75) is 38.5 Å². The van der Waals surface area contributed by atoms with Gasteiger partial charge in [0.2, 0.25) is 0 Å². The number of rotatable bonds is 1. The van der Waals surface area contributed by atoms with Crippen LogP contribution in [0.3, 0.4) is 0 Å². The second kappa shape index (κ2) is 6.11. The fourth-order valence-corrected chi connectivity index (χ4v) is 5.69. The van der Waals surface area contributed by atoms with Crippen molar-refractivity contribution < 1.29 is 0 Å². The first-order valence-corrected chi connectivity index (χ1v) is 11.1. The quantitative estimate of drug-likeness (QED) is 0.311. The van der Waals surface area contributed by atoms with Gasteiger partial charge in [-0.1, -0.05) is 100 Å². The largest absolute Gasteiger partial charge is 0.309 e. The van der Waals surface area contributed by atoms with Crippen molar-refractivity contribution in [1.29, 1.82) is 0 Å². The van der Waals surface area contributed by atoms with Crippen LogP contribution in [0.15, 0.2) is 91.0 Å². The number of fused-ring (bicyclic) bond motifs is 4. The molecule has 0 spiro atoms. The lowest BCUT2D eigenvalue weighted by Crippen LogP contribution is -2.38. The summed E-state index contributed by atoms with van der Waals surface area (Å²) in [6.07, 6.45) is 0. The second-order valence-electron chi connectivity index (χ2n) is 9.90. The Bertz CT molecular complexity index is 1330. The van der Waals surface area contributed by atoms with Crippen LogP contribution in [-0.2, 0) is 10.8 Å². The van der Waals surface area contributed by atoms with Crippen LogP contribution in [0.4, 0.5) is 17.1 Å². The van der Waals surface area contributed by atoms with Crippen molar-refractivity contribution in [2.24, 2.45) is 0 Å². The third-order valence-corrected chi connectivity index (χ3v) is 7.44. The molecule has 0 bridgehead atoms. The van der Waals surface area contributed by atoms with Crippen molar-refractivity contribution in [3.05, 3.63) is 113 Å². The van der Waals surface area contributed by atoms with Gasteiger partial charge in [-0.05, 0) is 51.6 Å². The van der Waals surface area contributed by atoms with E-state index >= 15 is 0 Å². The SMILES string of the molecule is CC1(C)c2ccccc2N2c3ccc(-c4ccccc4)cc3C(C)(C)c3cccc1c32. The van der Waals surface area contributed by atoms with Gasteiger partial charge in [-0.25, -0.2) is 0 Å². The first-order valence-electron chi connectivity index (χ1n) is 11.1. The summed E-state index contributed by atoms with van der Waals surface area (Å²) in [6, 6.07) is 33.5. The highest BCUT2D eigenvalue weighted by Crippen LogP contribution is 2.60. The fraction of sp³-hybridized carbons (Fsp3) is 0.200. The molecule has 0 aliphatic carbocycles. The lowest BCUT2D eigenvalue weighted by Gasteiger charge is -2.49. The van der Waals surface area contributed by atoms with Gasteiger partial charge >= 0.3 is 0 Å². The zero-order valence-electron chi connectivity index (χ0n) is 18.6. The average molecular weight is 402 g/mol. The van der Waals surface area contributed by atoms with E-state index in [-0.39, 0.29) is 10.8 Å². The van der Waals surface area contributed by atoms with E-state index in [0.717, 1.165) is 0 Å². The second-order valence-corrected chi connectivity index (χ2v) is 9.90. The molecule has 0 atom stereocenters. The molecule has 4 aromatic rings. The van der Waals surface area contributed by atoms with Gasteiger partial charge in [0.25, 0.3) is 0 Å². The van der Waals surface area contributed by atoms with Crippen LogP contribution >= 0.6 is 0 Å². The van der Waals surface area contributed by atoms with Crippen LogP contribution in [0.2, 0.25) is 0 Å². The van der Waals surface area contributed by atoms with E-state index in [0.29, 0.717) is 0 Å². The molecule has 0 unspecified atom stereocenters. The molecule has 1 heteroatoms. The van der Waals surface area contributed by atoms with E-state index in [9.17, 15) is 0 Å². The molecule has 2 heterocycles. The third-order valence-electron chi connectivity index (χ3n) is 7.44. The number of anilines is 3. The van der Waals surface area contributed by atoms with Crippen LogP contribution in [0.1, 0.15) is 49.9 Å². The summed E-state index contributed by atoms with van der Waals surface area (Å²) in [6.45, 7) is 9.47.